The van der Waals surface area contributed by atoms with Gasteiger partial charge in [0.05, 0.1) is 17.7 Å². The van der Waals surface area contributed by atoms with Gasteiger partial charge in [-0.25, -0.2) is 0 Å². The van der Waals surface area contributed by atoms with E-state index in [0.29, 0.717) is 21.7 Å². The van der Waals surface area contributed by atoms with Crippen molar-refractivity contribution in [1.82, 2.24) is 19.8 Å². The largest absolute Gasteiger partial charge is 0.449 e. The zero-order valence-electron chi connectivity index (χ0n) is 13.3. The Bertz CT molecular complexity index is 1050. The highest BCUT2D eigenvalue weighted by Gasteiger charge is 2.12. The molecule has 26 heavy (non-hydrogen) atoms. The Balaban J connectivity index is 1.53. The lowest BCUT2D eigenvalue weighted by molar-refractivity contribution is -0.113. The molecule has 9 heteroatoms. The molecule has 4 aromatic rings. The lowest BCUT2D eigenvalue weighted by atomic mass is 10.1. The van der Waals surface area contributed by atoms with Gasteiger partial charge in [-0.2, -0.15) is 9.61 Å². The van der Waals surface area contributed by atoms with Gasteiger partial charge < -0.3 is 4.42 Å². The van der Waals surface area contributed by atoms with E-state index in [4.69, 9.17) is 16.0 Å². The lowest BCUT2D eigenvalue weighted by Gasteiger charge is -2.03. The van der Waals surface area contributed by atoms with Gasteiger partial charge in [-0.3, -0.25) is 10.1 Å². The van der Waals surface area contributed by atoms with Crippen LogP contribution in [0.15, 0.2) is 64.4 Å². The summed E-state index contributed by atoms with van der Waals surface area (Å²) in [5.74, 6) is 0.370. The number of thioether (sulfide) groups is 1. The molecule has 3 aromatic heterocycles. The minimum atomic E-state index is -0.199. The zero-order chi connectivity index (χ0) is 17.9. The van der Waals surface area contributed by atoms with E-state index in [9.17, 15) is 4.79 Å². The Labute approximate surface area is 157 Å². The molecule has 0 fully saturated rings. The molecule has 1 N–H and O–H groups in total. The van der Waals surface area contributed by atoms with Crippen LogP contribution in [-0.2, 0) is 4.79 Å². The predicted octanol–water partition coefficient (Wildman–Crippen LogP) is 3.77. The van der Waals surface area contributed by atoms with Crippen molar-refractivity contribution in [3.63, 3.8) is 0 Å². The third-order valence-electron chi connectivity index (χ3n) is 3.49. The standard InChI is InChI=1S/C17H12ClN5O2S/c18-12-5-3-11(4-6-12)13-7-8-14-20-21-17(23(14)22-13)26-10-15(24)19-16-2-1-9-25-16/h1-9H,10H2,(H,19,24). The maximum Gasteiger partial charge on any atom is 0.237 e. The second kappa shape index (κ2) is 7.19. The Morgan fingerprint density at radius 3 is 2.77 bits per heavy atom. The Hall–Kier alpha value is -2.84. The third kappa shape index (κ3) is 3.56. The van der Waals surface area contributed by atoms with Crippen LogP contribution in [0.2, 0.25) is 5.02 Å². The summed E-state index contributed by atoms with van der Waals surface area (Å²) in [6, 6.07) is 14.5. The van der Waals surface area contributed by atoms with E-state index in [0.717, 1.165) is 11.3 Å². The van der Waals surface area contributed by atoms with Crippen molar-refractivity contribution in [2.24, 2.45) is 0 Å². The van der Waals surface area contributed by atoms with Gasteiger partial charge in [0.15, 0.2) is 11.5 Å². The molecule has 0 bridgehead atoms. The predicted molar refractivity (Wildman–Crippen MR) is 99.3 cm³/mol. The number of fused-ring (bicyclic) bond motifs is 1. The van der Waals surface area contributed by atoms with Crippen molar-refractivity contribution in [3.8, 4) is 11.3 Å². The van der Waals surface area contributed by atoms with Crippen LogP contribution in [0, 0.1) is 0 Å². The van der Waals surface area contributed by atoms with Crippen molar-refractivity contribution in [1.29, 1.82) is 0 Å². The average molecular weight is 386 g/mol. The van der Waals surface area contributed by atoms with Gasteiger partial charge in [-0.05, 0) is 30.3 Å². The van der Waals surface area contributed by atoms with Crippen LogP contribution in [-0.4, -0.2) is 31.5 Å². The summed E-state index contributed by atoms with van der Waals surface area (Å²) in [7, 11) is 0. The average Bonchev–Trinajstić information content (AvgIpc) is 3.30. The van der Waals surface area contributed by atoms with Crippen molar-refractivity contribution in [3.05, 3.63) is 59.8 Å². The minimum Gasteiger partial charge on any atom is -0.449 e. The van der Waals surface area contributed by atoms with Crippen molar-refractivity contribution in [2.45, 2.75) is 5.16 Å². The van der Waals surface area contributed by atoms with Gasteiger partial charge in [0, 0.05) is 16.7 Å². The van der Waals surface area contributed by atoms with E-state index < -0.39 is 0 Å². The first-order valence-electron chi connectivity index (χ1n) is 7.63. The number of amides is 1. The molecule has 0 aliphatic carbocycles. The van der Waals surface area contributed by atoms with Crippen LogP contribution in [0.5, 0.6) is 0 Å². The molecule has 3 heterocycles. The van der Waals surface area contributed by atoms with E-state index in [2.05, 4.69) is 20.6 Å². The van der Waals surface area contributed by atoms with Crippen molar-refractivity contribution >= 4 is 40.8 Å². The van der Waals surface area contributed by atoms with E-state index >= 15 is 0 Å². The first kappa shape index (κ1) is 16.6. The molecule has 0 aliphatic rings. The van der Waals surface area contributed by atoms with Gasteiger partial charge in [-0.1, -0.05) is 35.5 Å². The number of halogens is 1. The SMILES string of the molecule is O=C(CSc1nnc2ccc(-c3ccc(Cl)cc3)nn12)Nc1ccco1. The lowest BCUT2D eigenvalue weighted by Crippen LogP contribution is -2.13. The molecule has 1 amide bonds. The number of hydrogen-bond acceptors (Lipinski definition) is 6. The highest BCUT2D eigenvalue weighted by atomic mass is 35.5. The summed E-state index contributed by atoms with van der Waals surface area (Å²) in [5.41, 5.74) is 2.30. The second-order valence-corrected chi connectivity index (χ2v) is 6.67. The van der Waals surface area contributed by atoms with Crippen LogP contribution in [0.3, 0.4) is 0 Å². The Morgan fingerprint density at radius 1 is 1.15 bits per heavy atom. The van der Waals surface area contributed by atoms with Crippen molar-refractivity contribution < 1.29 is 9.21 Å². The highest BCUT2D eigenvalue weighted by molar-refractivity contribution is 7.99. The van der Waals surface area contributed by atoms with Crippen LogP contribution in [0.4, 0.5) is 5.88 Å². The summed E-state index contributed by atoms with van der Waals surface area (Å²) in [6.45, 7) is 0. The van der Waals surface area contributed by atoms with E-state index in [1.807, 2.05) is 36.4 Å². The summed E-state index contributed by atoms with van der Waals surface area (Å²) in [4.78, 5) is 12.0. The molecule has 1 aromatic carbocycles. The molecule has 7 nitrogen and oxygen atoms in total. The summed E-state index contributed by atoms with van der Waals surface area (Å²) >= 11 is 7.17. The maximum absolute atomic E-state index is 12.0. The van der Waals surface area contributed by atoms with Gasteiger partial charge in [0.2, 0.25) is 11.1 Å². The molecule has 0 atom stereocenters. The normalized spacial score (nSPS) is 11.0. The monoisotopic (exact) mass is 385 g/mol. The molecule has 0 aliphatic heterocycles. The number of furan rings is 1. The number of nitrogens with one attached hydrogen (secondary N) is 1. The van der Waals surface area contributed by atoms with Gasteiger partial charge in [0.1, 0.15) is 0 Å². The van der Waals surface area contributed by atoms with Crippen molar-refractivity contribution in [2.75, 3.05) is 11.1 Å². The summed E-state index contributed by atoms with van der Waals surface area (Å²) in [5, 5.41) is 16.6. The maximum atomic E-state index is 12.0. The van der Waals surface area contributed by atoms with Crippen LogP contribution in [0.1, 0.15) is 0 Å². The first-order valence-corrected chi connectivity index (χ1v) is 9.00. The number of anilines is 1. The molecule has 0 unspecified atom stereocenters. The van der Waals surface area contributed by atoms with Gasteiger partial charge in [-0.15, -0.1) is 10.2 Å². The van der Waals surface area contributed by atoms with E-state index in [1.165, 1.54) is 18.0 Å². The first-order chi connectivity index (χ1) is 12.7. The van der Waals surface area contributed by atoms with Crippen LogP contribution in [0.25, 0.3) is 16.9 Å². The molecule has 0 spiro atoms. The molecule has 4 rings (SSSR count). The fraction of sp³-hybridized carbons (Fsp3) is 0.0588. The number of benzene rings is 1. The quantitative estimate of drug-likeness (QED) is 0.526. The smallest absolute Gasteiger partial charge is 0.237 e. The number of carbonyl (C=O) groups is 1. The Morgan fingerprint density at radius 2 is 2.00 bits per heavy atom. The highest BCUT2D eigenvalue weighted by Crippen LogP contribution is 2.22. The van der Waals surface area contributed by atoms with Gasteiger partial charge in [0.25, 0.3) is 0 Å². The molecular formula is C17H12ClN5O2S. The van der Waals surface area contributed by atoms with E-state index in [-0.39, 0.29) is 11.7 Å². The number of carbonyl (C=O) groups excluding carboxylic acids is 1. The molecule has 130 valence electrons. The summed E-state index contributed by atoms with van der Waals surface area (Å²) in [6.07, 6.45) is 1.50. The molecule has 0 saturated heterocycles. The molecular weight excluding hydrogens is 374 g/mol. The Kier molecular flexibility index (Phi) is 4.59. The summed E-state index contributed by atoms with van der Waals surface area (Å²) < 4.78 is 6.71. The van der Waals surface area contributed by atoms with Crippen LogP contribution >= 0.6 is 23.4 Å². The third-order valence-corrected chi connectivity index (χ3v) is 4.66. The number of nitrogens with zero attached hydrogens (tertiary/aromatic N) is 4. The van der Waals surface area contributed by atoms with Crippen LogP contribution < -0.4 is 5.32 Å². The topological polar surface area (TPSA) is 85.3 Å². The fourth-order valence-corrected chi connectivity index (χ4v) is 3.10. The zero-order valence-corrected chi connectivity index (χ0v) is 14.9. The second-order valence-electron chi connectivity index (χ2n) is 5.29. The van der Waals surface area contributed by atoms with Gasteiger partial charge >= 0.3 is 0 Å². The molecule has 0 radical (unpaired) electrons. The molecule has 0 saturated carbocycles. The number of aromatic nitrogens is 4. The minimum absolute atomic E-state index is 0.161. The number of hydrogen-bond donors (Lipinski definition) is 1. The number of rotatable bonds is 5. The van der Waals surface area contributed by atoms with E-state index in [1.54, 1.807) is 16.6 Å². The fourth-order valence-electron chi connectivity index (χ4n) is 2.29.